The maximum atomic E-state index is 6.86. The largest absolute Gasteiger partial charge is 1.00 e. The minimum atomic E-state index is -0.0469. The van der Waals surface area contributed by atoms with E-state index in [1.807, 2.05) is 0 Å². The van der Waals surface area contributed by atoms with Crippen molar-refractivity contribution in [1.82, 2.24) is 6.14 Å². The summed E-state index contributed by atoms with van der Waals surface area (Å²) in [4.78, 5) is 0. The first kappa shape index (κ1) is 196. The van der Waals surface area contributed by atoms with Gasteiger partial charge in [-0.05, 0) is 20.9 Å². The van der Waals surface area contributed by atoms with Gasteiger partial charge in [-0.15, -0.1) is 0 Å². The van der Waals surface area contributed by atoms with E-state index in [9.17, 15) is 0 Å². The molecule has 14 N–H and O–H groups in total. The van der Waals surface area contributed by atoms with Crippen LogP contribution in [0.25, 0.3) is 35.0 Å². The summed E-state index contributed by atoms with van der Waals surface area (Å²) in [7, 11) is 0. The van der Waals surface area contributed by atoms with Crippen molar-refractivity contribution in [3.8, 4) is 0 Å². The van der Waals surface area contributed by atoms with Gasteiger partial charge in [0.1, 0.15) is 2.82 Å². The molecule has 0 saturated heterocycles. The molecular weight excluding hydrogens is 847 g/mol. The molecule has 0 aromatic carbocycles. The Labute approximate surface area is 728 Å². The Hall–Kier alpha value is 13.2. The Balaban J connectivity index is -0.00000000208. The Bertz CT molecular complexity index is 358. The molecule has 0 heterocycles. The molecule has 0 aromatic heterocycles. The van der Waals surface area contributed by atoms with Gasteiger partial charge in [0.25, 0.3) is 0 Å². The number of nitrogens with zero attached hydrogens (tertiary/aromatic N) is 9. The molecule has 0 bridgehead atoms. The second kappa shape index (κ2) is 442. The van der Waals surface area contributed by atoms with Crippen LogP contribution in [0.3, 0.4) is 0 Å². The van der Waals surface area contributed by atoms with Crippen molar-refractivity contribution < 1.29 is 525 Å². The summed E-state index contributed by atoms with van der Waals surface area (Å²) < 4.78 is 41.6. The molecule has 0 aliphatic carbocycles. The second-order valence-electron chi connectivity index (χ2n) is 0.647. The zero-order chi connectivity index (χ0) is 19.4. The van der Waals surface area contributed by atoms with Gasteiger partial charge in [0.15, 0.2) is 2.82 Å². The summed E-state index contributed by atoms with van der Waals surface area (Å²) in [5.74, 6) is 10.7. The molecule has 248 valence electrons. The van der Waals surface area contributed by atoms with Gasteiger partial charge in [-0.25, -0.2) is 0 Å². The van der Waals surface area contributed by atoms with E-state index < -0.39 is 0 Å². The van der Waals surface area contributed by atoms with Crippen molar-refractivity contribution in [2.24, 2.45) is 42.4 Å². The van der Waals surface area contributed by atoms with Crippen LogP contribution in [0.4, 0.5) is 0 Å². The van der Waals surface area contributed by atoms with Crippen LogP contribution < -0.4 is 526 Å². The van der Waals surface area contributed by atoms with E-state index in [1.54, 1.807) is 10.4 Å². The standard InChI is InChI=1S/17CH4.10K.H3N5.H2N4.2HN3.H3N.2H2N.H2/c;;;;;;;;;;;;;;;;;;;;;;;;;;;1-3-5-4-2;1-3-4-2;2*1-3-2;;;;/h17*1H4;;;;;;;;;;;(H3,1,2,5);1-2H;2*(H-2,1,2);1H3;2*1H2;1H/q;;;;;;;;;;;;;;;;;10*+1;;;2*-2;;2*-1;/i;;;;;;;;;;;;;;;;;;;;;;;;;;;;;;;;;;1+1/hD7. The third-order valence-corrected chi connectivity index (χ3v) is 0.120. The average Bonchev–Trinajstić information content (AvgIpc) is 2.48. The fourth-order valence-electron chi connectivity index (χ4n) is 0.0179. The molecule has 18 nitrogen and oxygen atoms in total. The number of hydrogen-bond acceptors (Lipinski definition) is 7. The molecule has 28 heteroatoms. The van der Waals surface area contributed by atoms with Crippen LogP contribution in [0.1, 0.15) is 128 Å². The van der Waals surface area contributed by atoms with Crippen molar-refractivity contribution >= 4 is 0 Å². The van der Waals surface area contributed by atoms with Crippen LogP contribution in [0, 0.1) is 16.6 Å². The zero-order valence-corrected chi connectivity index (χ0v) is 49.7. The van der Waals surface area contributed by atoms with Gasteiger partial charge in [0, 0.05) is 1.43 Å². The summed E-state index contributed by atoms with van der Waals surface area (Å²) in [5.41, 5.74) is 21.0. The van der Waals surface area contributed by atoms with Gasteiger partial charge in [0.2, 0.25) is 4.24 Å². The van der Waals surface area contributed by atoms with Crippen molar-refractivity contribution in [3.05, 3.63) is 35.0 Å². The predicted octanol–water partition coefficient (Wildman–Crippen LogP) is -14.1. The summed E-state index contributed by atoms with van der Waals surface area (Å²) in [6.45, 7) is 0. The van der Waals surface area contributed by atoms with Gasteiger partial charge in [0.05, 0.1) is 0 Å². The van der Waals surface area contributed by atoms with E-state index in [0.29, 0.717) is 0 Å². The maximum Gasteiger partial charge on any atom is 1.00 e. The molecule has 0 saturated carbocycles. The molecular formula is C17H84K10N18+4. The van der Waals surface area contributed by atoms with E-state index >= 15 is 0 Å². The molecule has 0 spiro atoms. The third-order valence-electron chi connectivity index (χ3n) is 0.120. The Kier molecular flexibility index (Phi) is 1920. The Morgan fingerprint density at radius 1 is 0.511 bits per heavy atom. The van der Waals surface area contributed by atoms with Crippen molar-refractivity contribution in [2.45, 2.75) is 126 Å². The van der Waals surface area contributed by atoms with Crippen LogP contribution in [-0.2, 0) is 0 Å². The predicted molar refractivity (Wildman–Crippen MR) is 177 cm³/mol. The first-order chi connectivity index (χ1) is 10.9. The smallest absolute Gasteiger partial charge is 0.729 e. The number of rotatable bonds is 3. The van der Waals surface area contributed by atoms with Gasteiger partial charge < -0.3 is 57.5 Å². The molecule has 0 amide bonds. The molecule has 0 radical (unpaired) electrons. The molecule has 0 aliphatic heterocycles. The first-order valence-electron chi connectivity index (χ1n) is 5.48. The van der Waals surface area contributed by atoms with Crippen LogP contribution in [-0.4, -0.2) is 0 Å². The number of nitrogens with two attached hydrogens (primary N) is 3. The average molecular weight is 940 g/mol. The first-order valence-corrected chi connectivity index (χ1v) is 2.25. The molecule has 45 heavy (non-hydrogen) atoms. The number of hydrogen-bond donors (Lipinski definition) is 5. The zero-order valence-electron chi connectivity index (χ0n) is 25.5. The van der Waals surface area contributed by atoms with E-state index in [0.717, 1.165) is 0 Å². The number of nitrogens with one attached hydrogen (secondary N) is 5. The van der Waals surface area contributed by atoms with Gasteiger partial charge in [-0.1, -0.05) is 131 Å². The van der Waals surface area contributed by atoms with Crippen LogP contribution in [0.5, 0.6) is 0 Å². The topological polar surface area (TPSA) is 378 Å². The summed E-state index contributed by atoms with van der Waals surface area (Å²) in [5, 5.41) is 16.9. The second-order valence-corrected chi connectivity index (χ2v) is 0.647. The van der Waals surface area contributed by atoms with Crippen LogP contribution in [0.15, 0.2) is 36.6 Å². The molecule has 0 aromatic rings. The molecule has 0 rings (SSSR count). The quantitative estimate of drug-likeness (QED) is 0.0797. The van der Waals surface area contributed by atoms with E-state index in [2.05, 4.69) is 42.7 Å². The van der Waals surface area contributed by atoms with Gasteiger partial charge in [-0.2, -0.15) is 16.6 Å². The molecule has 0 aliphatic rings. The normalized spacial score (nSPS) is 4.67. The van der Waals surface area contributed by atoms with Crippen molar-refractivity contribution in [2.75, 3.05) is 0 Å². The van der Waals surface area contributed by atoms with Crippen LogP contribution >= 0.6 is 0 Å². The minimum Gasteiger partial charge on any atom is -0.729 e. The summed E-state index contributed by atoms with van der Waals surface area (Å²) in [6.07, 6.45) is 1.25. The van der Waals surface area contributed by atoms with Gasteiger partial charge >= 0.3 is 514 Å². The third kappa shape index (κ3) is 662. The Morgan fingerprint density at radius 3 is 0.733 bits per heavy atom. The fraction of sp³-hybridized carbons (Fsp3) is 1.00. The van der Waals surface area contributed by atoms with Crippen LogP contribution in [0.2, 0.25) is 9.88 Å². The van der Waals surface area contributed by atoms with E-state index in [1.165, 1.54) is 6.14 Å². The summed E-state index contributed by atoms with van der Waals surface area (Å²) >= 11 is 0. The van der Waals surface area contributed by atoms with E-state index in [4.69, 9.17) is 32.6 Å². The van der Waals surface area contributed by atoms with Crippen molar-refractivity contribution in [1.29, 1.82) is 16.6 Å². The SMILES string of the molecule is C.C.C.C.C.C.C.C.C.C.C.C.C.C.C.C.C.[2HH].[2H]N=N/N=N/N([2H])[2H].[2H]N=NN=N[2H].[2H]N[2H].[K+].[K+].[K+].[K+].[K+].[K+].[K+].[K+].[K+].[K+].[N-]=N[NH-].[N-]=N[NH-].[NH2-].[NH2-]. The van der Waals surface area contributed by atoms with Crippen molar-refractivity contribution in [3.63, 3.8) is 0 Å². The fourth-order valence-corrected chi connectivity index (χ4v) is 0.0179. The van der Waals surface area contributed by atoms with Gasteiger partial charge in [-0.3, -0.25) is 0 Å². The summed E-state index contributed by atoms with van der Waals surface area (Å²) in [6, 6.07) is 0. The Morgan fingerprint density at radius 2 is 0.644 bits per heavy atom. The maximum absolute atomic E-state index is 6.86. The van der Waals surface area contributed by atoms with E-state index in [-0.39, 0.29) is 660 Å². The minimum absolute atomic E-state index is 0. The molecule has 0 fully saturated rings. The molecule has 0 atom stereocenters. The monoisotopic (exact) mass is 938 g/mol. The molecule has 0 unspecified atom stereocenters.